The molecule has 0 amide bonds. The van der Waals surface area contributed by atoms with E-state index in [1.54, 1.807) is 0 Å². The predicted molar refractivity (Wildman–Crippen MR) is 68.5 cm³/mol. The van der Waals surface area contributed by atoms with Gasteiger partial charge in [-0.2, -0.15) is 0 Å². The Hall–Kier alpha value is -0.410. The van der Waals surface area contributed by atoms with E-state index in [-0.39, 0.29) is 11.5 Å². The quantitative estimate of drug-likeness (QED) is 0.758. The lowest BCUT2D eigenvalue weighted by Gasteiger charge is -2.48. The molecule has 0 aromatic heterocycles. The Morgan fingerprint density at radius 2 is 1.72 bits per heavy atom. The number of carbonyl (C=O) groups excluding carboxylic acids is 1. The van der Waals surface area contributed by atoms with Crippen molar-refractivity contribution in [3.8, 4) is 0 Å². The van der Waals surface area contributed by atoms with E-state index in [0.29, 0.717) is 18.3 Å². The van der Waals surface area contributed by atoms with Gasteiger partial charge in [-0.1, -0.05) is 25.7 Å². The lowest BCUT2D eigenvalue weighted by atomic mass is 9.60. The number of carbonyl (C=O) groups is 1. The Labute approximate surface area is 109 Å². The first-order chi connectivity index (χ1) is 8.81. The van der Waals surface area contributed by atoms with Gasteiger partial charge in [0, 0.05) is 19.6 Å². The van der Waals surface area contributed by atoms with Crippen LogP contribution in [-0.2, 0) is 14.3 Å². The van der Waals surface area contributed by atoms with E-state index >= 15 is 0 Å². The molecule has 18 heavy (non-hydrogen) atoms. The smallest absolute Gasteiger partial charge is 0.144 e. The van der Waals surface area contributed by atoms with Crippen molar-refractivity contribution in [3.63, 3.8) is 0 Å². The molecule has 1 heterocycles. The van der Waals surface area contributed by atoms with E-state index in [0.717, 1.165) is 38.9 Å². The van der Waals surface area contributed by atoms with E-state index in [2.05, 4.69) is 0 Å². The Kier molecular flexibility index (Phi) is 3.71. The van der Waals surface area contributed by atoms with Crippen LogP contribution in [0.25, 0.3) is 0 Å². The van der Waals surface area contributed by atoms with Crippen LogP contribution in [0.15, 0.2) is 0 Å². The highest BCUT2D eigenvalue weighted by molar-refractivity contribution is 5.92. The molecule has 0 N–H and O–H groups in total. The summed E-state index contributed by atoms with van der Waals surface area (Å²) in [5.41, 5.74) is -0.0885. The van der Waals surface area contributed by atoms with Gasteiger partial charge in [-0.3, -0.25) is 4.79 Å². The molecule has 0 bridgehead atoms. The first-order valence-corrected chi connectivity index (χ1v) is 7.58. The molecule has 1 unspecified atom stereocenters. The number of hydrogen-bond donors (Lipinski definition) is 0. The van der Waals surface area contributed by atoms with Gasteiger partial charge in [-0.15, -0.1) is 0 Å². The van der Waals surface area contributed by atoms with Crippen LogP contribution in [0.2, 0.25) is 0 Å². The molecule has 0 aromatic carbocycles. The van der Waals surface area contributed by atoms with Crippen molar-refractivity contribution in [1.82, 2.24) is 0 Å². The third-order valence-electron chi connectivity index (χ3n) is 5.06. The largest absolute Gasteiger partial charge is 0.381 e. The van der Waals surface area contributed by atoms with Gasteiger partial charge in [0.2, 0.25) is 0 Å². The molecule has 3 heteroatoms. The molecule has 3 rings (SSSR count). The zero-order valence-electron chi connectivity index (χ0n) is 11.2. The number of Topliss-reactive ketones (excluding diaryl/α,β-unsaturated/α-hetero) is 1. The molecule has 1 aliphatic heterocycles. The fraction of sp³-hybridized carbons (Fsp3) is 0.933. The molecule has 3 aliphatic rings. The van der Waals surface area contributed by atoms with Crippen LogP contribution in [0.5, 0.6) is 0 Å². The van der Waals surface area contributed by atoms with Crippen molar-refractivity contribution in [1.29, 1.82) is 0 Å². The van der Waals surface area contributed by atoms with Crippen LogP contribution in [0, 0.1) is 5.41 Å². The zero-order chi connectivity index (χ0) is 12.4. The van der Waals surface area contributed by atoms with E-state index in [9.17, 15) is 4.79 Å². The maximum absolute atomic E-state index is 12.1. The summed E-state index contributed by atoms with van der Waals surface area (Å²) in [4.78, 5) is 12.1. The fourth-order valence-corrected chi connectivity index (χ4v) is 3.80. The van der Waals surface area contributed by atoms with Crippen molar-refractivity contribution in [2.24, 2.45) is 5.41 Å². The van der Waals surface area contributed by atoms with E-state index in [1.807, 2.05) is 0 Å². The summed E-state index contributed by atoms with van der Waals surface area (Å²) in [7, 11) is 0. The minimum Gasteiger partial charge on any atom is -0.381 e. The summed E-state index contributed by atoms with van der Waals surface area (Å²) in [5, 5.41) is 0. The maximum Gasteiger partial charge on any atom is 0.144 e. The van der Waals surface area contributed by atoms with Gasteiger partial charge >= 0.3 is 0 Å². The summed E-state index contributed by atoms with van der Waals surface area (Å²) in [5.74, 6) is 0.474. The molecule has 1 saturated heterocycles. The molecule has 3 fully saturated rings. The highest BCUT2D eigenvalue weighted by Crippen LogP contribution is 2.50. The molecular formula is C15H24O3. The van der Waals surface area contributed by atoms with Crippen LogP contribution in [0.1, 0.15) is 57.8 Å². The van der Waals surface area contributed by atoms with Gasteiger partial charge in [0.25, 0.3) is 0 Å². The monoisotopic (exact) mass is 252 g/mol. The summed E-state index contributed by atoms with van der Waals surface area (Å²) < 4.78 is 11.6. The number of rotatable bonds is 2. The molecule has 1 spiro atoms. The zero-order valence-corrected chi connectivity index (χ0v) is 11.2. The summed E-state index contributed by atoms with van der Waals surface area (Å²) in [6.07, 6.45) is 10.3. The summed E-state index contributed by atoms with van der Waals surface area (Å²) in [6, 6.07) is 0. The van der Waals surface area contributed by atoms with Crippen molar-refractivity contribution < 1.29 is 14.3 Å². The standard InChI is InChI=1S/C15H24O3/c16-13-11-14(18-12-5-9-17-10-6-12)15(13)7-3-1-2-4-8-15/h12,14H,1-11H2. The van der Waals surface area contributed by atoms with Crippen molar-refractivity contribution in [2.45, 2.75) is 70.0 Å². The molecule has 2 aliphatic carbocycles. The second-order valence-corrected chi connectivity index (χ2v) is 6.13. The van der Waals surface area contributed by atoms with Gasteiger partial charge in [-0.25, -0.2) is 0 Å². The lowest BCUT2D eigenvalue weighted by molar-refractivity contribution is -0.181. The maximum atomic E-state index is 12.1. The normalized spacial score (nSPS) is 33.1. The Morgan fingerprint density at radius 3 is 2.33 bits per heavy atom. The summed E-state index contributed by atoms with van der Waals surface area (Å²) >= 11 is 0. The number of ether oxygens (including phenoxy) is 2. The lowest BCUT2D eigenvalue weighted by Crippen LogP contribution is -2.56. The Bertz CT molecular complexity index is 299. The Balaban J connectivity index is 1.62. The van der Waals surface area contributed by atoms with Gasteiger partial charge in [-0.05, 0) is 25.7 Å². The van der Waals surface area contributed by atoms with Gasteiger partial charge in [0.05, 0.1) is 17.6 Å². The Morgan fingerprint density at radius 1 is 1.06 bits per heavy atom. The van der Waals surface area contributed by atoms with Crippen LogP contribution < -0.4 is 0 Å². The van der Waals surface area contributed by atoms with Crippen molar-refractivity contribution in [3.05, 3.63) is 0 Å². The minimum atomic E-state index is -0.0885. The van der Waals surface area contributed by atoms with Gasteiger partial charge < -0.3 is 9.47 Å². The molecule has 102 valence electrons. The average Bonchev–Trinajstić information content (AvgIpc) is 2.67. The molecule has 1 atom stereocenters. The number of hydrogen-bond acceptors (Lipinski definition) is 3. The van der Waals surface area contributed by atoms with E-state index in [1.165, 1.54) is 25.7 Å². The minimum absolute atomic E-state index is 0.0885. The van der Waals surface area contributed by atoms with Gasteiger partial charge in [0.15, 0.2) is 0 Å². The van der Waals surface area contributed by atoms with Crippen LogP contribution in [-0.4, -0.2) is 31.2 Å². The van der Waals surface area contributed by atoms with Crippen LogP contribution in [0.4, 0.5) is 0 Å². The first kappa shape index (κ1) is 12.6. The highest BCUT2D eigenvalue weighted by atomic mass is 16.5. The predicted octanol–water partition coefficient (Wildman–Crippen LogP) is 2.86. The third kappa shape index (κ3) is 2.23. The molecule has 2 saturated carbocycles. The topological polar surface area (TPSA) is 35.5 Å². The molecule has 3 nitrogen and oxygen atoms in total. The SMILES string of the molecule is O=C1CC(OC2CCOCC2)C12CCCCCC2. The highest BCUT2D eigenvalue weighted by Gasteiger charge is 2.55. The first-order valence-electron chi connectivity index (χ1n) is 7.58. The van der Waals surface area contributed by atoms with Crippen LogP contribution in [0.3, 0.4) is 0 Å². The molecule has 0 radical (unpaired) electrons. The second kappa shape index (κ2) is 5.30. The molecule has 0 aromatic rings. The second-order valence-electron chi connectivity index (χ2n) is 6.13. The van der Waals surface area contributed by atoms with Crippen molar-refractivity contribution in [2.75, 3.05) is 13.2 Å². The average molecular weight is 252 g/mol. The van der Waals surface area contributed by atoms with Gasteiger partial charge in [0.1, 0.15) is 5.78 Å². The third-order valence-corrected chi connectivity index (χ3v) is 5.06. The van der Waals surface area contributed by atoms with Crippen LogP contribution >= 0.6 is 0 Å². The number of ketones is 1. The van der Waals surface area contributed by atoms with E-state index < -0.39 is 0 Å². The fourth-order valence-electron chi connectivity index (χ4n) is 3.80. The van der Waals surface area contributed by atoms with Crippen molar-refractivity contribution >= 4 is 5.78 Å². The summed E-state index contributed by atoms with van der Waals surface area (Å²) in [6.45, 7) is 1.64. The van der Waals surface area contributed by atoms with E-state index in [4.69, 9.17) is 9.47 Å². The molecular weight excluding hydrogens is 228 g/mol.